The summed E-state index contributed by atoms with van der Waals surface area (Å²) < 4.78 is 5.97. The lowest BCUT2D eigenvalue weighted by molar-refractivity contribution is -0.384. The predicted octanol–water partition coefficient (Wildman–Crippen LogP) is 4.39. The maximum Gasteiger partial charge on any atom is 0.296 e. The van der Waals surface area contributed by atoms with E-state index in [0.717, 1.165) is 4.70 Å². The van der Waals surface area contributed by atoms with E-state index in [1.165, 1.54) is 60.0 Å². The number of methoxy groups -OCH3 is 1. The Hall–Kier alpha value is -4.64. The third kappa shape index (κ3) is 3.77. The number of aliphatic hydroxyl groups excluding tert-OH is 1. The van der Waals surface area contributed by atoms with Crippen molar-refractivity contribution in [3.05, 3.63) is 99.6 Å². The molecule has 1 unspecified atom stereocenters. The number of nitro groups is 1. The molecule has 2 aromatic carbocycles. The van der Waals surface area contributed by atoms with Crippen LogP contribution in [0.15, 0.2) is 78.3 Å². The van der Waals surface area contributed by atoms with E-state index in [1.54, 1.807) is 30.3 Å². The summed E-state index contributed by atoms with van der Waals surface area (Å²) in [5.74, 6) is -1.60. The van der Waals surface area contributed by atoms with E-state index in [0.29, 0.717) is 11.3 Å². The van der Waals surface area contributed by atoms with Crippen LogP contribution in [0.4, 0.5) is 10.8 Å². The largest absolute Gasteiger partial charge is 0.503 e. The molecule has 1 aliphatic heterocycles. The number of benzene rings is 2. The quantitative estimate of drug-likeness (QED) is 0.240. The van der Waals surface area contributed by atoms with Crippen molar-refractivity contribution < 1.29 is 24.4 Å². The van der Waals surface area contributed by atoms with Gasteiger partial charge in [-0.2, -0.15) is 0 Å². The number of rotatable bonds is 6. The van der Waals surface area contributed by atoms with E-state index in [-0.39, 0.29) is 27.5 Å². The number of fused-ring (bicyclic) bond motifs is 1. The van der Waals surface area contributed by atoms with Crippen molar-refractivity contribution in [1.82, 2.24) is 9.97 Å². The number of carbonyl (C=O) groups is 2. The van der Waals surface area contributed by atoms with Gasteiger partial charge in [0.2, 0.25) is 0 Å². The Labute approximate surface area is 201 Å². The molecule has 1 N–H and O–H groups in total. The zero-order valence-corrected chi connectivity index (χ0v) is 18.9. The number of carbonyl (C=O) groups excluding carboxylic acids is 2. The standard InChI is InChI=1S/C24H16N4O6S/c1-34-16-7-8-17-18(11-16)35-24(26-17)27-20(13-4-2-6-15(10-13)28(32)33)19(22(30)23(27)31)21(29)14-5-3-9-25-12-14/h2-12,20,30H,1H3. The number of hydrogen-bond donors (Lipinski definition) is 1. The number of hydrogen-bond acceptors (Lipinski definition) is 9. The SMILES string of the molecule is COc1ccc2nc(N3C(=O)C(O)=C(C(=O)c4cccnc4)C3c3cccc([N+](=O)[O-])c3)sc2c1. The molecule has 0 bridgehead atoms. The number of pyridine rings is 1. The van der Waals surface area contributed by atoms with Gasteiger partial charge in [0.25, 0.3) is 11.6 Å². The summed E-state index contributed by atoms with van der Waals surface area (Å²) in [6, 6.07) is 12.7. The van der Waals surface area contributed by atoms with Gasteiger partial charge in [0, 0.05) is 30.1 Å². The molecule has 1 amide bonds. The maximum absolute atomic E-state index is 13.4. The summed E-state index contributed by atoms with van der Waals surface area (Å²) in [6.45, 7) is 0. The lowest BCUT2D eigenvalue weighted by atomic mass is 9.93. The second-order valence-corrected chi connectivity index (χ2v) is 8.60. The molecular weight excluding hydrogens is 472 g/mol. The fraction of sp³-hybridized carbons (Fsp3) is 0.0833. The van der Waals surface area contributed by atoms with Gasteiger partial charge in [-0.25, -0.2) is 4.98 Å². The zero-order valence-electron chi connectivity index (χ0n) is 18.1. The van der Waals surface area contributed by atoms with Crippen molar-refractivity contribution in [1.29, 1.82) is 0 Å². The van der Waals surface area contributed by atoms with Crippen LogP contribution in [0.5, 0.6) is 5.75 Å². The average molecular weight is 488 g/mol. The highest BCUT2D eigenvalue weighted by atomic mass is 32.1. The number of aromatic nitrogens is 2. The van der Waals surface area contributed by atoms with Crippen LogP contribution >= 0.6 is 11.3 Å². The van der Waals surface area contributed by atoms with E-state index in [9.17, 15) is 24.8 Å². The summed E-state index contributed by atoms with van der Waals surface area (Å²) >= 11 is 1.17. The second-order valence-electron chi connectivity index (χ2n) is 7.59. The summed E-state index contributed by atoms with van der Waals surface area (Å²) in [5, 5.41) is 22.5. The summed E-state index contributed by atoms with van der Waals surface area (Å²) in [4.78, 5) is 47.3. The van der Waals surface area contributed by atoms with E-state index in [1.807, 2.05) is 0 Å². The Morgan fingerprint density at radius 3 is 2.74 bits per heavy atom. The first-order valence-corrected chi connectivity index (χ1v) is 11.1. The van der Waals surface area contributed by atoms with Crippen LogP contribution in [0.1, 0.15) is 22.0 Å². The summed E-state index contributed by atoms with van der Waals surface area (Å²) in [6.07, 6.45) is 2.81. The molecule has 4 aromatic rings. The molecule has 0 fully saturated rings. The van der Waals surface area contributed by atoms with Gasteiger partial charge in [-0.05, 0) is 35.9 Å². The second kappa shape index (κ2) is 8.61. The Morgan fingerprint density at radius 1 is 1.20 bits per heavy atom. The van der Waals surface area contributed by atoms with Gasteiger partial charge < -0.3 is 9.84 Å². The number of Topliss-reactive ketones (excluding diaryl/α,β-unsaturated/α-hetero) is 1. The van der Waals surface area contributed by atoms with Crippen molar-refractivity contribution in [3.8, 4) is 5.75 Å². The van der Waals surface area contributed by atoms with Crippen LogP contribution in [-0.4, -0.2) is 38.8 Å². The molecular formula is C24H16N4O6S. The topological polar surface area (TPSA) is 136 Å². The summed E-state index contributed by atoms with van der Waals surface area (Å²) in [5.41, 5.74) is 0.598. The molecule has 11 heteroatoms. The van der Waals surface area contributed by atoms with E-state index >= 15 is 0 Å². The van der Waals surface area contributed by atoms with Crippen LogP contribution in [-0.2, 0) is 4.79 Å². The molecule has 5 rings (SSSR count). The lowest BCUT2D eigenvalue weighted by Crippen LogP contribution is -2.31. The minimum absolute atomic E-state index is 0.160. The van der Waals surface area contributed by atoms with Gasteiger partial charge in [0.05, 0.1) is 33.9 Å². The molecule has 35 heavy (non-hydrogen) atoms. The van der Waals surface area contributed by atoms with E-state index < -0.39 is 28.4 Å². The Morgan fingerprint density at radius 2 is 2.03 bits per heavy atom. The molecule has 0 aliphatic carbocycles. The number of thiazole rings is 1. The highest BCUT2D eigenvalue weighted by Gasteiger charge is 2.46. The maximum atomic E-state index is 13.4. The Balaban J connectivity index is 1.69. The highest BCUT2D eigenvalue weighted by Crippen LogP contribution is 2.45. The monoisotopic (exact) mass is 488 g/mol. The zero-order chi connectivity index (χ0) is 24.7. The van der Waals surface area contributed by atoms with Crippen molar-refractivity contribution in [2.45, 2.75) is 6.04 Å². The average Bonchev–Trinajstić information content (AvgIpc) is 3.41. The third-order valence-corrected chi connectivity index (χ3v) is 6.58. The van der Waals surface area contributed by atoms with Crippen LogP contribution in [0.2, 0.25) is 0 Å². The highest BCUT2D eigenvalue weighted by molar-refractivity contribution is 7.22. The number of amides is 1. The normalized spacial score (nSPS) is 15.6. The van der Waals surface area contributed by atoms with Crippen LogP contribution in [0, 0.1) is 10.1 Å². The molecule has 0 saturated carbocycles. The number of non-ortho nitro benzene ring substituents is 1. The van der Waals surface area contributed by atoms with E-state index in [4.69, 9.17) is 4.74 Å². The molecule has 0 spiro atoms. The van der Waals surface area contributed by atoms with Crippen LogP contribution < -0.4 is 9.64 Å². The molecule has 10 nitrogen and oxygen atoms in total. The lowest BCUT2D eigenvalue weighted by Gasteiger charge is -2.24. The Bertz CT molecular complexity index is 1530. The summed E-state index contributed by atoms with van der Waals surface area (Å²) in [7, 11) is 1.53. The van der Waals surface area contributed by atoms with Crippen LogP contribution in [0.25, 0.3) is 10.2 Å². The molecule has 0 saturated heterocycles. The number of anilines is 1. The van der Waals surface area contributed by atoms with Gasteiger partial charge in [-0.15, -0.1) is 0 Å². The molecule has 1 atom stereocenters. The first-order chi connectivity index (χ1) is 16.9. The van der Waals surface area contributed by atoms with Gasteiger partial charge in [-0.3, -0.25) is 29.6 Å². The van der Waals surface area contributed by atoms with Gasteiger partial charge in [0.1, 0.15) is 5.75 Å². The van der Waals surface area contributed by atoms with Crippen molar-refractivity contribution in [3.63, 3.8) is 0 Å². The van der Waals surface area contributed by atoms with Gasteiger partial charge in [-0.1, -0.05) is 23.5 Å². The smallest absolute Gasteiger partial charge is 0.296 e. The number of nitrogens with zero attached hydrogens (tertiary/aromatic N) is 4. The van der Waals surface area contributed by atoms with E-state index in [2.05, 4.69) is 9.97 Å². The number of ether oxygens (including phenoxy) is 1. The predicted molar refractivity (Wildman–Crippen MR) is 128 cm³/mol. The van der Waals surface area contributed by atoms with Crippen molar-refractivity contribution in [2.24, 2.45) is 0 Å². The molecule has 1 aliphatic rings. The first-order valence-electron chi connectivity index (χ1n) is 10.3. The number of nitro benzene ring substituents is 1. The molecule has 3 heterocycles. The molecule has 2 aromatic heterocycles. The number of ketones is 1. The molecule has 174 valence electrons. The van der Waals surface area contributed by atoms with Crippen molar-refractivity contribution in [2.75, 3.05) is 12.0 Å². The van der Waals surface area contributed by atoms with Gasteiger partial charge in [0.15, 0.2) is 16.7 Å². The first kappa shape index (κ1) is 22.2. The third-order valence-electron chi connectivity index (χ3n) is 5.56. The van der Waals surface area contributed by atoms with Crippen LogP contribution in [0.3, 0.4) is 0 Å². The fourth-order valence-electron chi connectivity index (χ4n) is 3.93. The molecule has 0 radical (unpaired) electrons. The number of aliphatic hydroxyl groups is 1. The minimum atomic E-state index is -1.14. The van der Waals surface area contributed by atoms with Crippen molar-refractivity contribution >= 4 is 44.1 Å². The van der Waals surface area contributed by atoms with Gasteiger partial charge >= 0.3 is 0 Å². The Kier molecular flexibility index (Phi) is 5.46. The fourth-order valence-corrected chi connectivity index (χ4v) is 4.95. The minimum Gasteiger partial charge on any atom is -0.503 e.